The van der Waals surface area contributed by atoms with E-state index in [4.69, 9.17) is 0 Å². The standard InChI is InChI=1S/C16H17BrN2O/c1-11-10-14(4-5-15(11)17)16(20)19(3)12(2)13-6-8-18-9-7-13/h4-10,12H,1-3H3. The first-order valence-corrected chi connectivity index (χ1v) is 7.23. The smallest absolute Gasteiger partial charge is 0.254 e. The molecule has 0 fully saturated rings. The maximum atomic E-state index is 12.5. The minimum absolute atomic E-state index is 0.00875. The highest BCUT2D eigenvalue weighted by Gasteiger charge is 2.19. The number of hydrogen-bond acceptors (Lipinski definition) is 2. The number of halogens is 1. The molecule has 3 nitrogen and oxygen atoms in total. The Morgan fingerprint density at radius 3 is 2.50 bits per heavy atom. The molecule has 0 saturated heterocycles. The van der Waals surface area contributed by atoms with Gasteiger partial charge in [-0.25, -0.2) is 0 Å². The van der Waals surface area contributed by atoms with E-state index in [0.29, 0.717) is 5.56 Å². The van der Waals surface area contributed by atoms with Crippen LogP contribution in [0.3, 0.4) is 0 Å². The predicted molar refractivity (Wildman–Crippen MR) is 83.6 cm³/mol. The third-order valence-corrected chi connectivity index (χ3v) is 4.38. The lowest BCUT2D eigenvalue weighted by atomic mass is 10.1. The molecule has 0 saturated carbocycles. The van der Waals surface area contributed by atoms with Gasteiger partial charge in [-0.3, -0.25) is 9.78 Å². The van der Waals surface area contributed by atoms with E-state index in [1.54, 1.807) is 17.3 Å². The van der Waals surface area contributed by atoms with Gasteiger partial charge in [0.25, 0.3) is 5.91 Å². The number of carbonyl (C=O) groups is 1. The van der Waals surface area contributed by atoms with Gasteiger partial charge in [-0.2, -0.15) is 0 Å². The summed E-state index contributed by atoms with van der Waals surface area (Å²) in [6.45, 7) is 3.99. The van der Waals surface area contributed by atoms with Crippen LogP contribution in [-0.4, -0.2) is 22.8 Å². The molecule has 1 aromatic carbocycles. The first kappa shape index (κ1) is 14.7. The molecule has 2 aromatic rings. The average molecular weight is 333 g/mol. The molecule has 0 aliphatic heterocycles. The zero-order valence-electron chi connectivity index (χ0n) is 11.8. The molecule has 1 atom stereocenters. The van der Waals surface area contributed by atoms with E-state index in [1.807, 2.05) is 51.2 Å². The van der Waals surface area contributed by atoms with Crippen LogP contribution in [0.1, 0.15) is 34.5 Å². The highest BCUT2D eigenvalue weighted by molar-refractivity contribution is 9.10. The van der Waals surface area contributed by atoms with Crippen molar-refractivity contribution in [2.45, 2.75) is 19.9 Å². The van der Waals surface area contributed by atoms with Crippen LogP contribution < -0.4 is 0 Å². The van der Waals surface area contributed by atoms with Crippen molar-refractivity contribution in [1.82, 2.24) is 9.88 Å². The van der Waals surface area contributed by atoms with Gasteiger partial charge in [-0.15, -0.1) is 0 Å². The van der Waals surface area contributed by atoms with Crippen LogP contribution in [0.4, 0.5) is 0 Å². The van der Waals surface area contributed by atoms with Crippen molar-refractivity contribution < 1.29 is 4.79 Å². The van der Waals surface area contributed by atoms with E-state index in [2.05, 4.69) is 20.9 Å². The van der Waals surface area contributed by atoms with E-state index < -0.39 is 0 Å². The summed E-state index contributed by atoms with van der Waals surface area (Å²) in [6.07, 6.45) is 3.49. The monoisotopic (exact) mass is 332 g/mol. The van der Waals surface area contributed by atoms with E-state index in [9.17, 15) is 4.79 Å². The number of aryl methyl sites for hydroxylation is 1. The second-order valence-corrected chi connectivity index (χ2v) is 5.69. The van der Waals surface area contributed by atoms with Crippen LogP contribution in [0.15, 0.2) is 47.2 Å². The van der Waals surface area contributed by atoms with Gasteiger partial charge in [0.05, 0.1) is 6.04 Å². The van der Waals surface area contributed by atoms with Crippen molar-refractivity contribution >= 4 is 21.8 Å². The molecular weight excluding hydrogens is 316 g/mol. The van der Waals surface area contributed by atoms with Crippen molar-refractivity contribution in [3.05, 3.63) is 63.9 Å². The number of carbonyl (C=O) groups excluding carboxylic acids is 1. The molecule has 1 amide bonds. The number of benzene rings is 1. The molecule has 0 radical (unpaired) electrons. The van der Waals surface area contributed by atoms with Crippen LogP contribution in [0.25, 0.3) is 0 Å². The van der Waals surface area contributed by atoms with Crippen LogP contribution in [0.5, 0.6) is 0 Å². The van der Waals surface area contributed by atoms with Crippen molar-refractivity contribution in [3.63, 3.8) is 0 Å². The molecule has 104 valence electrons. The minimum atomic E-state index is 0.00875. The molecule has 0 bridgehead atoms. The number of amides is 1. The molecule has 0 aliphatic carbocycles. The summed E-state index contributed by atoms with van der Waals surface area (Å²) in [5.41, 5.74) is 2.83. The Labute approximate surface area is 127 Å². The molecule has 1 unspecified atom stereocenters. The fourth-order valence-electron chi connectivity index (χ4n) is 2.02. The number of hydrogen-bond donors (Lipinski definition) is 0. The average Bonchev–Trinajstić information content (AvgIpc) is 2.48. The van der Waals surface area contributed by atoms with Crippen molar-refractivity contribution in [2.75, 3.05) is 7.05 Å². The Balaban J connectivity index is 2.22. The molecule has 0 spiro atoms. The highest BCUT2D eigenvalue weighted by atomic mass is 79.9. The predicted octanol–water partition coefficient (Wildman–Crippen LogP) is 3.99. The molecule has 0 N–H and O–H groups in total. The van der Waals surface area contributed by atoms with Crippen molar-refractivity contribution in [3.8, 4) is 0 Å². The molecular formula is C16H17BrN2O. The first-order valence-electron chi connectivity index (χ1n) is 6.44. The van der Waals surface area contributed by atoms with Gasteiger partial charge in [0.1, 0.15) is 0 Å². The molecule has 0 aliphatic rings. The van der Waals surface area contributed by atoms with Crippen LogP contribution in [0.2, 0.25) is 0 Å². The molecule has 1 heterocycles. The summed E-state index contributed by atoms with van der Waals surface area (Å²) in [6, 6.07) is 9.53. The molecule has 1 aromatic heterocycles. The quantitative estimate of drug-likeness (QED) is 0.851. The summed E-state index contributed by atoms with van der Waals surface area (Å²) in [5, 5.41) is 0. The lowest BCUT2D eigenvalue weighted by Crippen LogP contribution is -2.29. The summed E-state index contributed by atoms with van der Waals surface area (Å²) in [7, 11) is 1.82. The Morgan fingerprint density at radius 1 is 1.25 bits per heavy atom. The van der Waals surface area contributed by atoms with E-state index in [0.717, 1.165) is 15.6 Å². The van der Waals surface area contributed by atoms with Gasteiger partial charge in [0.2, 0.25) is 0 Å². The Morgan fingerprint density at radius 2 is 1.90 bits per heavy atom. The van der Waals surface area contributed by atoms with Crippen LogP contribution >= 0.6 is 15.9 Å². The first-order chi connectivity index (χ1) is 9.50. The summed E-state index contributed by atoms with van der Waals surface area (Å²) >= 11 is 3.45. The normalized spacial score (nSPS) is 12.0. The van der Waals surface area contributed by atoms with Gasteiger partial charge < -0.3 is 4.90 Å². The van der Waals surface area contributed by atoms with E-state index >= 15 is 0 Å². The third-order valence-electron chi connectivity index (χ3n) is 3.49. The summed E-state index contributed by atoms with van der Waals surface area (Å²) < 4.78 is 1.01. The largest absolute Gasteiger partial charge is 0.335 e. The summed E-state index contributed by atoms with van der Waals surface area (Å²) in [5.74, 6) is 0.0184. The third kappa shape index (κ3) is 3.07. The second kappa shape index (κ2) is 6.18. The zero-order valence-corrected chi connectivity index (χ0v) is 13.4. The molecule has 20 heavy (non-hydrogen) atoms. The van der Waals surface area contributed by atoms with Crippen LogP contribution in [-0.2, 0) is 0 Å². The fourth-order valence-corrected chi connectivity index (χ4v) is 2.27. The van der Waals surface area contributed by atoms with Crippen molar-refractivity contribution in [2.24, 2.45) is 0 Å². The maximum absolute atomic E-state index is 12.5. The zero-order chi connectivity index (χ0) is 14.7. The summed E-state index contributed by atoms with van der Waals surface area (Å²) in [4.78, 5) is 18.3. The van der Waals surface area contributed by atoms with Gasteiger partial charge in [0.15, 0.2) is 0 Å². The van der Waals surface area contributed by atoms with Gasteiger partial charge in [-0.1, -0.05) is 15.9 Å². The lowest BCUT2D eigenvalue weighted by molar-refractivity contribution is 0.0742. The fraction of sp³-hybridized carbons (Fsp3) is 0.250. The van der Waals surface area contributed by atoms with Crippen molar-refractivity contribution in [1.29, 1.82) is 0 Å². The topological polar surface area (TPSA) is 33.2 Å². The van der Waals surface area contributed by atoms with Crippen LogP contribution in [0, 0.1) is 6.92 Å². The SMILES string of the molecule is Cc1cc(C(=O)N(C)C(C)c2ccncc2)ccc1Br. The van der Waals surface area contributed by atoms with Gasteiger partial charge in [-0.05, 0) is 55.3 Å². The Kier molecular flexibility index (Phi) is 4.55. The Hall–Kier alpha value is -1.68. The molecule has 2 rings (SSSR count). The number of aromatic nitrogens is 1. The van der Waals surface area contributed by atoms with Gasteiger partial charge >= 0.3 is 0 Å². The lowest BCUT2D eigenvalue weighted by Gasteiger charge is -2.25. The second-order valence-electron chi connectivity index (χ2n) is 4.84. The van der Waals surface area contributed by atoms with E-state index in [1.165, 1.54) is 0 Å². The van der Waals surface area contributed by atoms with Gasteiger partial charge in [0, 0.05) is 29.5 Å². The Bertz CT molecular complexity index is 613. The molecule has 4 heteroatoms. The minimum Gasteiger partial charge on any atom is -0.335 e. The maximum Gasteiger partial charge on any atom is 0.254 e. The van der Waals surface area contributed by atoms with E-state index in [-0.39, 0.29) is 11.9 Å². The number of rotatable bonds is 3. The highest BCUT2D eigenvalue weighted by Crippen LogP contribution is 2.22. The number of nitrogens with zero attached hydrogens (tertiary/aromatic N) is 2. The number of pyridine rings is 1.